The van der Waals surface area contributed by atoms with Gasteiger partial charge in [-0.1, -0.05) is 12.1 Å². The Balaban J connectivity index is 2.49. The highest BCUT2D eigenvalue weighted by Gasteiger charge is 2.06. The molecule has 0 atom stereocenters. The molecule has 2 nitrogen and oxygen atoms in total. The Morgan fingerprint density at radius 2 is 2.29 bits per heavy atom. The molecule has 0 fully saturated rings. The summed E-state index contributed by atoms with van der Waals surface area (Å²) in [5.74, 6) is -0.237. The topological polar surface area (TPSA) is 38.9 Å². The maximum atomic E-state index is 12.9. The molecule has 0 aliphatic carbocycles. The third kappa shape index (κ3) is 1.66. The second kappa shape index (κ2) is 3.86. The van der Waals surface area contributed by atoms with Gasteiger partial charge in [-0.3, -0.25) is 0 Å². The minimum atomic E-state index is -0.237. The number of nitrogens with zero attached hydrogens (tertiary/aromatic N) is 1. The van der Waals surface area contributed by atoms with E-state index in [0.29, 0.717) is 6.54 Å². The normalized spacial score (nSPS) is 10.4. The van der Waals surface area contributed by atoms with Gasteiger partial charge in [0, 0.05) is 18.3 Å². The Bertz CT molecular complexity index is 439. The molecular formula is C10H9FN2S. The van der Waals surface area contributed by atoms with Crippen LogP contribution in [0.5, 0.6) is 0 Å². The van der Waals surface area contributed by atoms with Crippen molar-refractivity contribution in [2.45, 2.75) is 6.54 Å². The van der Waals surface area contributed by atoms with E-state index in [9.17, 15) is 4.39 Å². The van der Waals surface area contributed by atoms with Gasteiger partial charge in [0.05, 0.1) is 4.88 Å². The molecule has 72 valence electrons. The summed E-state index contributed by atoms with van der Waals surface area (Å²) < 4.78 is 17.0. The van der Waals surface area contributed by atoms with E-state index in [1.54, 1.807) is 12.3 Å². The van der Waals surface area contributed by atoms with Crippen molar-refractivity contribution in [3.8, 4) is 10.4 Å². The standard InChI is InChI=1S/C10H9FN2S/c11-9-3-1-2-7(4-9)10-8(5-12)6-13-14-10/h1-4,6H,5,12H2. The molecule has 0 radical (unpaired) electrons. The first kappa shape index (κ1) is 9.30. The molecule has 1 aromatic carbocycles. The molecule has 0 bridgehead atoms. The number of halogens is 1. The third-order valence-corrected chi connectivity index (χ3v) is 2.84. The average molecular weight is 208 g/mol. The first-order chi connectivity index (χ1) is 6.81. The lowest BCUT2D eigenvalue weighted by molar-refractivity contribution is 0.628. The summed E-state index contributed by atoms with van der Waals surface area (Å²) in [4.78, 5) is 0.951. The van der Waals surface area contributed by atoms with Gasteiger partial charge in [0.25, 0.3) is 0 Å². The van der Waals surface area contributed by atoms with Crippen molar-refractivity contribution in [3.05, 3.63) is 41.8 Å². The zero-order chi connectivity index (χ0) is 9.97. The highest BCUT2D eigenvalue weighted by Crippen LogP contribution is 2.27. The number of hydrogen-bond acceptors (Lipinski definition) is 3. The molecule has 14 heavy (non-hydrogen) atoms. The van der Waals surface area contributed by atoms with E-state index in [-0.39, 0.29) is 5.82 Å². The lowest BCUT2D eigenvalue weighted by Crippen LogP contribution is -1.95. The molecule has 0 aliphatic heterocycles. The molecule has 2 N–H and O–H groups in total. The Morgan fingerprint density at radius 3 is 3.00 bits per heavy atom. The molecule has 2 aromatic rings. The minimum Gasteiger partial charge on any atom is -0.326 e. The number of benzene rings is 1. The number of hydrogen-bond donors (Lipinski definition) is 1. The van der Waals surface area contributed by atoms with Crippen molar-refractivity contribution in [2.75, 3.05) is 0 Å². The van der Waals surface area contributed by atoms with Crippen molar-refractivity contribution in [3.63, 3.8) is 0 Å². The van der Waals surface area contributed by atoms with Gasteiger partial charge in [0.2, 0.25) is 0 Å². The van der Waals surface area contributed by atoms with Crippen LogP contribution in [0.2, 0.25) is 0 Å². The summed E-state index contributed by atoms with van der Waals surface area (Å²) in [6.45, 7) is 0.433. The molecule has 0 unspecified atom stereocenters. The molecule has 0 saturated heterocycles. The van der Waals surface area contributed by atoms with Crippen molar-refractivity contribution in [1.82, 2.24) is 4.37 Å². The number of aromatic nitrogens is 1. The van der Waals surface area contributed by atoms with Crippen LogP contribution in [0.3, 0.4) is 0 Å². The fourth-order valence-corrected chi connectivity index (χ4v) is 2.04. The van der Waals surface area contributed by atoms with Crippen molar-refractivity contribution in [2.24, 2.45) is 5.73 Å². The Hall–Kier alpha value is -1.26. The zero-order valence-corrected chi connectivity index (χ0v) is 8.22. The Labute approximate surface area is 85.4 Å². The predicted molar refractivity (Wildman–Crippen MR) is 55.4 cm³/mol. The van der Waals surface area contributed by atoms with Crippen molar-refractivity contribution in [1.29, 1.82) is 0 Å². The van der Waals surface area contributed by atoms with Gasteiger partial charge in [-0.2, -0.15) is 0 Å². The maximum Gasteiger partial charge on any atom is 0.123 e. The van der Waals surface area contributed by atoms with Crippen LogP contribution in [0.1, 0.15) is 5.56 Å². The molecule has 1 aromatic heterocycles. The second-order valence-corrected chi connectivity index (χ2v) is 3.70. The molecule has 2 rings (SSSR count). The first-order valence-corrected chi connectivity index (χ1v) is 4.98. The molecule has 0 saturated carbocycles. The van der Waals surface area contributed by atoms with E-state index in [1.807, 2.05) is 6.07 Å². The summed E-state index contributed by atoms with van der Waals surface area (Å²) >= 11 is 1.34. The fraction of sp³-hybridized carbons (Fsp3) is 0.100. The van der Waals surface area contributed by atoms with E-state index in [1.165, 1.54) is 23.7 Å². The average Bonchev–Trinajstić information content (AvgIpc) is 2.65. The predicted octanol–water partition coefficient (Wildman–Crippen LogP) is 2.41. The molecule has 0 amide bonds. The molecular weight excluding hydrogens is 199 g/mol. The minimum absolute atomic E-state index is 0.237. The van der Waals surface area contributed by atoms with Gasteiger partial charge in [-0.15, -0.1) is 0 Å². The van der Waals surface area contributed by atoms with Gasteiger partial charge in [-0.25, -0.2) is 8.76 Å². The van der Waals surface area contributed by atoms with Crippen LogP contribution < -0.4 is 5.73 Å². The van der Waals surface area contributed by atoms with Crippen molar-refractivity contribution < 1.29 is 4.39 Å². The monoisotopic (exact) mass is 208 g/mol. The number of rotatable bonds is 2. The van der Waals surface area contributed by atoms with Crippen LogP contribution in [-0.4, -0.2) is 4.37 Å². The molecule has 0 spiro atoms. The largest absolute Gasteiger partial charge is 0.326 e. The summed E-state index contributed by atoms with van der Waals surface area (Å²) in [5.41, 5.74) is 7.34. The Morgan fingerprint density at radius 1 is 1.43 bits per heavy atom. The van der Waals surface area contributed by atoms with Crippen LogP contribution in [0.4, 0.5) is 4.39 Å². The van der Waals surface area contributed by atoms with E-state index < -0.39 is 0 Å². The van der Waals surface area contributed by atoms with E-state index >= 15 is 0 Å². The molecule has 0 aliphatic rings. The summed E-state index contributed by atoms with van der Waals surface area (Å²) in [5, 5.41) is 0. The van der Waals surface area contributed by atoms with Crippen LogP contribution in [0, 0.1) is 5.82 Å². The SMILES string of the molecule is NCc1cnsc1-c1cccc(F)c1. The summed E-state index contributed by atoms with van der Waals surface area (Å²) in [7, 11) is 0. The van der Waals surface area contributed by atoms with Crippen LogP contribution in [0.25, 0.3) is 10.4 Å². The smallest absolute Gasteiger partial charge is 0.123 e. The van der Waals surface area contributed by atoms with E-state index in [4.69, 9.17) is 5.73 Å². The zero-order valence-electron chi connectivity index (χ0n) is 7.40. The number of nitrogens with two attached hydrogens (primary N) is 1. The highest BCUT2D eigenvalue weighted by atomic mass is 32.1. The fourth-order valence-electron chi connectivity index (χ4n) is 1.27. The molecule has 1 heterocycles. The van der Waals surface area contributed by atoms with Gasteiger partial charge in [-0.05, 0) is 29.2 Å². The quantitative estimate of drug-likeness (QED) is 0.823. The van der Waals surface area contributed by atoms with E-state index in [0.717, 1.165) is 16.0 Å². The van der Waals surface area contributed by atoms with Gasteiger partial charge >= 0.3 is 0 Å². The lowest BCUT2D eigenvalue weighted by atomic mass is 10.1. The van der Waals surface area contributed by atoms with Gasteiger partial charge < -0.3 is 5.73 Å². The maximum absolute atomic E-state index is 12.9. The first-order valence-electron chi connectivity index (χ1n) is 4.21. The van der Waals surface area contributed by atoms with Crippen LogP contribution >= 0.6 is 11.5 Å². The van der Waals surface area contributed by atoms with E-state index in [2.05, 4.69) is 4.37 Å². The van der Waals surface area contributed by atoms with Crippen molar-refractivity contribution >= 4 is 11.5 Å². The summed E-state index contributed by atoms with van der Waals surface area (Å²) in [6.07, 6.45) is 1.73. The van der Waals surface area contributed by atoms with Crippen LogP contribution in [0.15, 0.2) is 30.5 Å². The Kier molecular flexibility index (Phi) is 2.56. The van der Waals surface area contributed by atoms with Gasteiger partial charge in [0.1, 0.15) is 5.82 Å². The lowest BCUT2D eigenvalue weighted by Gasteiger charge is -1.99. The summed E-state index contributed by atoms with van der Waals surface area (Å²) in [6, 6.07) is 6.46. The molecule has 4 heteroatoms. The second-order valence-electron chi connectivity index (χ2n) is 2.89. The van der Waals surface area contributed by atoms with Crippen LogP contribution in [-0.2, 0) is 6.54 Å². The highest BCUT2D eigenvalue weighted by molar-refractivity contribution is 7.09. The van der Waals surface area contributed by atoms with Gasteiger partial charge in [0.15, 0.2) is 0 Å². The third-order valence-electron chi connectivity index (χ3n) is 1.95.